The molecule has 1 unspecified atom stereocenters. The third kappa shape index (κ3) is 5.14. The molecule has 7 nitrogen and oxygen atoms in total. The van der Waals surface area contributed by atoms with Crippen LogP contribution in [-0.4, -0.2) is 42.7 Å². The first-order valence-electron chi connectivity index (χ1n) is 14.1. The number of carboxylic acid groups (broad SMARTS) is 1. The number of aliphatic carboxylic acids is 1. The molecule has 1 aliphatic heterocycles. The van der Waals surface area contributed by atoms with E-state index in [2.05, 4.69) is 30.0 Å². The van der Waals surface area contributed by atoms with Gasteiger partial charge in [-0.05, 0) is 72.9 Å². The van der Waals surface area contributed by atoms with E-state index < -0.39 is 21.9 Å². The van der Waals surface area contributed by atoms with E-state index in [1.54, 1.807) is 48.5 Å². The van der Waals surface area contributed by atoms with Crippen LogP contribution in [-0.2, 0) is 27.7 Å². The Morgan fingerprint density at radius 2 is 1.62 bits per heavy atom. The average Bonchev–Trinajstić information content (AvgIpc) is 3.58. The third-order valence-electron chi connectivity index (χ3n) is 8.03. The molecule has 214 valence electrons. The maximum atomic E-state index is 13.9. The summed E-state index contributed by atoms with van der Waals surface area (Å²) in [5, 5.41) is 10.7. The molecule has 42 heavy (non-hydrogen) atoms. The average molecular weight is 581 g/mol. The van der Waals surface area contributed by atoms with Crippen molar-refractivity contribution in [1.82, 2.24) is 3.97 Å². The van der Waals surface area contributed by atoms with E-state index in [4.69, 9.17) is 4.74 Å². The van der Waals surface area contributed by atoms with Gasteiger partial charge in [0.1, 0.15) is 12.4 Å². The maximum Gasteiger partial charge on any atom is 0.311 e. The van der Waals surface area contributed by atoms with Crippen LogP contribution in [0.1, 0.15) is 29.5 Å². The zero-order chi connectivity index (χ0) is 29.3. The second kappa shape index (κ2) is 11.4. The molecular formula is C34H32N2O5S. The number of fused-ring (bicyclic) bond motifs is 2. The highest BCUT2D eigenvalue weighted by Gasteiger charge is 2.30. The Labute approximate surface area is 245 Å². The number of para-hydroxylation sites is 2. The largest absolute Gasteiger partial charge is 0.491 e. The van der Waals surface area contributed by atoms with Gasteiger partial charge in [-0.25, -0.2) is 12.4 Å². The van der Waals surface area contributed by atoms with Gasteiger partial charge in [0, 0.05) is 23.8 Å². The van der Waals surface area contributed by atoms with Gasteiger partial charge < -0.3 is 14.7 Å². The summed E-state index contributed by atoms with van der Waals surface area (Å²) in [6.45, 7) is 3.49. The molecule has 5 aromatic rings. The number of carboxylic acids is 1. The molecule has 1 aromatic heterocycles. The number of hydrogen-bond donors (Lipinski definition) is 1. The number of carbonyl (C=O) groups is 1. The number of ether oxygens (including phenoxy) is 1. The predicted octanol–water partition coefficient (Wildman–Crippen LogP) is 6.12. The number of rotatable bonds is 10. The summed E-state index contributed by atoms with van der Waals surface area (Å²) in [6, 6.07) is 31.4. The minimum atomic E-state index is -4.01. The van der Waals surface area contributed by atoms with Crippen LogP contribution in [0.15, 0.2) is 114 Å². The molecule has 0 spiro atoms. The van der Waals surface area contributed by atoms with Crippen LogP contribution in [0.5, 0.6) is 5.75 Å². The highest BCUT2D eigenvalue weighted by molar-refractivity contribution is 7.90. The Kier molecular flexibility index (Phi) is 7.47. The molecule has 0 radical (unpaired) electrons. The van der Waals surface area contributed by atoms with Crippen molar-refractivity contribution in [3.8, 4) is 5.75 Å². The zero-order valence-electron chi connectivity index (χ0n) is 23.3. The first kappa shape index (κ1) is 27.6. The Morgan fingerprint density at radius 3 is 2.36 bits per heavy atom. The quantitative estimate of drug-likeness (QED) is 0.214. The SMILES string of the molecule is CCN1c2ccccc2C[C@@H]1COc1ccc(S(=O)(=O)n2cc(C(Cc3ccccc3)C(=O)O)c3ccccc32)cc1. The van der Waals surface area contributed by atoms with Crippen LogP contribution in [0, 0.1) is 0 Å². The molecule has 0 aliphatic carbocycles. The van der Waals surface area contributed by atoms with Gasteiger partial charge in [-0.15, -0.1) is 0 Å². The van der Waals surface area contributed by atoms with Gasteiger partial charge in [0.25, 0.3) is 10.0 Å². The second-order valence-electron chi connectivity index (χ2n) is 10.5. The van der Waals surface area contributed by atoms with Gasteiger partial charge in [0.15, 0.2) is 0 Å². The molecule has 0 amide bonds. The van der Waals surface area contributed by atoms with Crippen molar-refractivity contribution >= 4 is 32.6 Å². The highest BCUT2D eigenvalue weighted by atomic mass is 32.2. The predicted molar refractivity (Wildman–Crippen MR) is 164 cm³/mol. The smallest absolute Gasteiger partial charge is 0.311 e. The van der Waals surface area contributed by atoms with E-state index in [0.29, 0.717) is 28.8 Å². The Hall–Kier alpha value is -4.56. The van der Waals surface area contributed by atoms with Gasteiger partial charge in [0.05, 0.1) is 22.4 Å². The van der Waals surface area contributed by atoms with Gasteiger partial charge in [-0.3, -0.25) is 4.79 Å². The van der Waals surface area contributed by atoms with Crippen LogP contribution in [0.25, 0.3) is 10.9 Å². The molecule has 1 aliphatic rings. The number of aromatic nitrogens is 1. The normalized spacial score (nSPS) is 15.5. The minimum Gasteiger partial charge on any atom is -0.491 e. The monoisotopic (exact) mass is 580 g/mol. The minimum absolute atomic E-state index is 0.0977. The van der Waals surface area contributed by atoms with Crippen molar-refractivity contribution in [2.75, 3.05) is 18.1 Å². The molecule has 2 heterocycles. The van der Waals surface area contributed by atoms with Crippen LogP contribution < -0.4 is 9.64 Å². The van der Waals surface area contributed by atoms with E-state index in [1.165, 1.54) is 21.4 Å². The van der Waals surface area contributed by atoms with Crippen molar-refractivity contribution in [3.05, 3.63) is 126 Å². The van der Waals surface area contributed by atoms with Crippen molar-refractivity contribution < 1.29 is 23.1 Å². The Morgan fingerprint density at radius 1 is 0.929 bits per heavy atom. The highest BCUT2D eigenvalue weighted by Crippen LogP contribution is 2.34. The lowest BCUT2D eigenvalue weighted by Crippen LogP contribution is -2.36. The maximum absolute atomic E-state index is 13.9. The Balaban J connectivity index is 1.25. The number of hydrogen-bond acceptors (Lipinski definition) is 5. The lowest BCUT2D eigenvalue weighted by Gasteiger charge is -2.26. The molecule has 1 N–H and O–H groups in total. The molecule has 0 saturated carbocycles. The molecule has 4 aromatic carbocycles. The summed E-state index contributed by atoms with van der Waals surface area (Å²) in [5.74, 6) is -1.32. The van der Waals surface area contributed by atoms with Gasteiger partial charge in [-0.1, -0.05) is 66.7 Å². The first-order chi connectivity index (χ1) is 20.4. The van der Waals surface area contributed by atoms with E-state index in [9.17, 15) is 18.3 Å². The fourth-order valence-corrected chi connectivity index (χ4v) is 7.33. The molecule has 0 saturated heterocycles. The molecule has 0 bridgehead atoms. The standard InChI is InChI=1S/C34H32N2O5S/c1-2-35-26(21-25-12-6-8-14-32(25)35)23-41-27-16-18-28(19-17-27)42(39,40)36-22-31(29-13-7-9-15-33(29)36)30(34(37)38)20-24-10-4-3-5-11-24/h3-19,22,26,30H,2,20-21,23H2,1H3,(H,37,38)/t26-,30?/m1/s1. The van der Waals surface area contributed by atoms with E-state index in [1.807, 2.05) is 36.4 Å². The lowest BCUT2D eigenvalue weighted by molar-refractivity contribution is -0.138. The van der Waals surface area contributed by atoms with Gasteiger partial charge in [0.2, 0.25) is 0 Å². The van der Waals surface area contributed by atoms with Crippen molar-refractivity contribution in [2.24, 2.45) is 0 Å². The molecule has 6 rings (SSSR count). The van der Waals surface area contributed by atoms with Crippen LogP contribution in [0.3, 0.4) is 0 Å². The van der Waals surface area contributed by atoms with Crippen LogP contribution in [0.2, 0.25) is 0 Å². The zero-order valence-corrected chi connectivity index (χ0v) is 24.1. The summed E-state index contributed by atoms with van der Waals surface area (Å²) in [5.41, 5.74) is 4.31. The van der Waals surface area contributed by atoms with Crippen molar-refractivity contribution in [3.63, 3.8) is 0 Å². The Bertz CT molecular complexity index is 1830. The van der Waals surface area contributed by atoms with Gasteiger partial charge >= 0.3 is 5.97 Å². The van der Waals surface area contributed by atoms with E-state index >= 15 is 0 Å². The topological polar surface area (TPSA) is 88.8 Å². The van der Waals surface area contributed by atoms with Crippen molar-refractivity contribution in [1.29, 1.82) is 0 Å². The third-order valence-corrected chi connectivity index (χ3v) is 9.71. The van der Waals surface area contributed by atoms with Gasteiger partial charge in [-0.2, -0.15) is 0 Å². The summed E-state index contributed by atoms with van der Waals surface area (Å²) < 4.78 is 35.0. The molecule has 0 fully saturated rings. The number of nitrogens with zero attached hydrogens (tertiary/aromatic N) is 2. The summed E-state index contributed by atoms with van der Waals surface area (Å²) in [4.78, 5) is 14.8. The van der Waals surface area contributed by atoms with E-state index in [-0.39, 0.29) is 17.4 Å². The first-order valence-corrected chi connectivity index (χ1v) is 15.5. The van der Waals surface area contributed by atoms with E-state index in [0.717, 1.165) is 18.5 Å². The molecule has 8 heteroatoms. The number of anilines is 1. The number of likely N-dealkylation sites (N-methyl/N-ethyl adjacent to an activating group) is 1. The van der Waals surface area contributed by atoms with Crippen LogP contribution in [0.4, 0.5) is 5.69 Å². The summed E-state index contributed by atoms with van der Waals surface area (Å²) in [7, 11) is -4.01. The molecular weight excluding hydrogens is 548 g/mol. The fraction of sp³-hybridized carbons (Fsp3) is 0.206. The van der Waals surface area contributed by atoms with Crippen LogP contribution >= 0.6 is 0 Å². The second-order valence-corrected chi connectivity index (χ2v) is 12.4. The summed E-state index contributed by atoms with van der Waals surface area (Å²) in [6.07, 6.45) is 2.61. The lowest BCUT2D eigenvalue weighted by atomic mass is 9.92. The fourth-order valence-electron chi connectivity index (χ4n) is 5.95. The molecule has 2 atom stereocenters. The van der Waals surface area contributed by atoms with Crippen molar-refractivity contribution in [2.45, 2.75) is 36.6 Å². The number of benzene rings is 4. The summed E-state index contributed by atoms with van der Waals surface area (Å²) >= 11 is 0.